The van der Waals surface area contributed by atoms with Crippen LogP contribution in [0.5, 0.6) is 0 Å². The maximum Gasteiger partial charge on any atom is 0.0698 e. The molecule has 0 saturated carbocycles. The van der Waals surface area contributed by atoms with Crippen molar-refractivity contribution in [2.24, 2.45) is 5.92 Å². The van der Waals surface area contributed by atoms with Gasteiger partial charge in [-0.3, -0.25) is 0 Å². The van der Waals surface area contributed by atoms with Crippen LogP contribution in [0.3, 0.4) is 0 Å². The number of carboxylic acids is 1. The number of allylic oxidation sites excluding steroid dienone is 2. The Hall–Kier alpha value is -1.77. The van der Waals surface area contributed by atoms with Crippen molar-refractivity contribution >= 4 is 11.7 Å². The molecule has 0 saturated heterocycles. The molecule has 0 spiro atoms. The summed E-state index contributed by atoms with van der Waals surface area (Å²) in [6.45, 7) is 0. The van der Waals surface area contributed by atoms with Crippen LogP contribution in [0.15, 0.2) is 36.4 Å². The van der Waals surface area contributed by atoms with Gasteiger partial charge < -0.3 is 15.2 Å². The number of rotatable bonds is 1. The molecule has 16 heavy (non-hydrogen) atoms. The van der Waals surface area contributed by atoms with Crippen LogP contribution in [-0.2, 0) is 4.79 Å². The lowest BCUT2D eigenvalue weighted by atomic mass is 9.79. The van der Waals surface area contributed by atoms with E-state index in [4.69, 9.17) is 0 Å². The van der Waals surface area contributed by atoms with E-state index in [9.17, 15) is 9.90 Å². The average Bonchev–Trinajstić information content (AvgIpc) is 2.76. The SMILES string of the molecule is O=C([O-])[C@@H]1Nc2ccccc2[C@H]2C=CC[C@@H]21. The first-order valence-electron chi connectivity index (χ1n) is 5.50. The van der Waals surface area contributed by atoms with Crippen LogP contribution in [0.1, 0.15) is 17.9 Å². The lowest BCUT2D eigenvalue weighted by Crippen LogP contribution is -2.48. The smallest absolute Gasteiger partial charge is 0.0698 e. The highest BCUT2D eigenvalue weighted by Crippen LogP contribution is 2.44. The van der Waals surface area contributed by atoms with Crippen LogP contribution in [0.2, 0.25) is 0 Å². The number of aliphatic carboxylic acids is 1. The summed E-state index contributed by atoms with van der Waals surface area (Å²) in [6, 6.07) is 7.31. The molecular weight excluding hydrogens is 202 g/mol. The van der Waals surface area contributed by atoms with Crippen LogP contribution in [0.25, 0.3) is 0 Å². The molecule has 0 unspecified atom stereocenters. The zero-order valence-corrected chi connectivity index (χ0v) is 8.72. The first-order valence-corrected chi connectivity index (χ1v) is 5.50. The summed E-state index contributed by atoms with van der Waals surface area (Å²) >= 11 is 0. The van der Waals surface area contributed by atoms with E-state index < -0.39 is 12.0 Å². The fourth-order valence-corrected chi connectivity index (χ4v) is 2.78. The molecule has 1 N–H and O–H groups in total. The summed E-state index contributed by atoms with van der Waals surface area (Å²) in [5.41, 5.74) is 2.11. The summed E-state index contributed by atoms with van der Waals surface area (Å²) in [4.78, 5) is 11.1. The number of anilines is 1. The normalized spacial score (nSPS) is 30.4. The Labute approximate surface area is 93.8 Å². The molecule has 0 amide bonds. The maximum atomic E-state index is 11.1. The van der Waals surface area contributed by atoms with Gasteiger partial charge in [0.15, 0.2) is 0 Å². The van der Waals surface area contributed by atoms with Crippen molar-refractivity contribution in [2.75, 3.05) is 5.32 Å². The Morgan fingerprint density at radius 3 is 3.00 bits per heavy atom. The molecule has 0 fully saturated rings. The van der Waals surface area contributed by atoms with E-state index in [1.54, 1.807) is 0 Å². The van der Waals surface area contributed by atoms with Gasteiger partial charge in [0.1, 0.15) is 0 Å². The van der Waals surface area contributed by atoms with E-state index >= 15 is 0 Å². The molecule has 1 aromatic carbocycles. The third kappa shape index (κ3) is 1.24. The molecule has 3 rings (SSSR count). The van der Waals surface area contributed by atoms with Crippen molar-refractivity contribution < 1.29 is 9.90 Å². The van der Waals surface area contributed by atoms with Gasteiger partial charge in [0.2, 0.25) is 0 Å². The fourth-order valence-electron chi connectivity index (χ4n) is 2.78. The summed E-state index contributed by atoms with van der Waals surface area (Å²) in [5, 5.41) is 14.2. The van der Waals surface area contributed by atoms with Crippen LogP contribution in [-0.4, -0.2) is 12.0 Å². The molecule has 1 aromatic rings. The minimum absolute atomic E-state index is 0.0971. The second kappa shape index (κ2) is 3.37. The number of carboxylic acid groups (broad SMARTS) is 1. The Kier molecular flexibility index (Phi) is 1.99. The van der Waals surface area contributed by atoms with Gasteiger partial charge in [0.05, 0.1) is 12.0 Å². The molecule has 0 radical (unpaired) electrons. The predicted octanol–water partition coefficient (Wildman–Crippen LogP) is 0.890. The molecule has 3 nitrogen and oxygen atoms in total. The third-order valence-electron chi connectivity index (χ3n) is 3.53. The Balaban J connectivity index is 2.08. The lowest BCUT2D eigenvalue weighted by Gasteiger charge is -2.37. The zero-order valence-electron chi connectivity index (χ0n) is 8.72. The Morgan fingerprint density at radius 1 is 1.38 bits per heavy atom. The van der Waals surface area contributed by atoms with Crippen molar-refractivity contribution in [3.63, 3.8) is 0 Å². The summed E-state index contributed by atoms with van der Waals surface area (Å²) < 4.78 is 0. The highest BCUT2D eigenvalue weighted by atomic mass is 16.4. The topological polar surface area (TPSA) is 52.2 Å². The monoisotopic (exact) mass is 214 g/mol. The van der Waals surface area contributed by atoms with E-state index in [0.29, 0.717) is 0 Å². The summed E-state index contributed by atoms with van der Waals surface area (Å²) in [7, 11) is 0. The largest absolute Gasteiger partial charge is 0.548 e. The minimum Gasteiger partial charge on any atom is -0.548 e. The lowest BCUT2D eigenvalue weighted by molar-refractivity contribution is -0.308. The Bertz CT molecular complexity index is 467. The highest BCUT2D eigenvalue weighted by molar-refractivity contribution is 5.79. The molecule has 3 atom stereocenters. The van der Waals surface area contributed by atoms with Crippen LogP contribution in [0, 0.1) is 5.92 Å². The number of fused-ring (bicyclic) bond motifs is 3. The number of para-hydroxylation sites is 1. The third-order valence-corrected chi connectivity index (χ3v) is 3.53. The summed E-state index contributed by atoms with van der Waals surface area (Å²) in [6.07, 6.45) is 4.99. The van der Waals surface area contributed by atoms with Crippen molar-refractivity contribution in [1.29, 1.82) is 0 Å². The second-order valence-corrected chi connectivity index (χ2v) is 4.38. The number of hydrogen-bond donors (Lipinski definition) is 1. The zero-order chi connectivity index (χ0) is 11.1. The van der Waals surface area contributed by atoms with Gasteiger partial charge in [-0.05, 0) is 24.0 Å². The number of hydrogen-bond acceptors (Lipinski definition) is 3. The molecule has 2 aliphatic rings. The van der Waals surface area contributed by atoms with E-state index in [1.165, 1.54) is 5.56 Å². The van der Waals surface area contributed by atoms with Crippen LogP contribution in [0.4, 0.5) is 5.69 Å². The van der Waals surface area contributed by atoms with Gasteiger partial charge in [-0.25, -0.2) is 0 Å². The number of nitrogens with one attached hydrogen (secondary N) is 1. The molecule has 1 aliphatic heterocycles. The minimum atomic E-state index is -1.01. The van der Waals surface area contributed by atoms with E-state index in [0.717, 1.165) is 12.1 Å². The fraction of sp³-hybridized carbons (Fsp3) is 0.308. The number of carbonyl (C=O) groups is 1. The second-order valence-electron chi connectivity index (χ2n) is 4.38. The van der Waals surface area contributed by atoms with Crippen molar-refractivity contribution in [1.82, 2.24) is 0 Å². The number of carbonyl (C=O) groups excluding carboxylic acids is 1. The summed E-state index contributed by atoms with van der Waals surface area (Å²) in [5.74, 6) is -0.687. The quantitative estimate of drug-likeness (QED) is 0.706. The van der Waals surface area contributed by atoms with Crippen LogP contribution >= 0.6 is 0 Å². The van der Waals surface area contributed by atoms with Gasteiger partial charge >= 0.3 is 0 Å². The molecule has 1 heterocycles. The molecular formula is C13H12NO2-. The van der Waals surface area contributed by atoms with Gasteiger partial charge in [-0.15, -0.1) is 0 Å². The van der Waals surface area contributed by atoms with Crippen molar-refractivity contribution in [2.45, 2.75) is 18.4 Å². The first kappa shape index (κ1) is 9.46. The molecule has 1 aliphatic carbocycles. The van der Waals surface area contributed by atoms with Crippen molar-refractivity contribution in [3.05, 3.63) is 42.0 Å². The van der Waals surface area contributed by atoms with Crippen LogP contribution < -0.4 is 10.4 Å². The predicted molar refractivity (Wildman–Crippen MR) is 58.8 cm³/mol. The molecule has 3 heteroatoms. The standard InChI is InChI=1S/C13H13NO2/c15-13(16)12-10-6-3-5-8(10)9-4-1-2-7-11(9)14-12/h1-5,7-8,10,12,14H,6H2,(H,15,16)/p-1/t8-,10+,12-/m1/s1. The maximum absolute atomic E-state index is 11.1. The van der Waals surface area contributed by atoms with Gasteiger partial charge in [0, 0.05) is 11.6 Å². The first-order chi connectivity index (χ1) is 7.77. The van der Waals surface area contributed by atoms with Gasteiger partial charge in [-0.1, -0.05) is 30.4 Å². The highest BCUT2D eigenvalue weighted by Gasteiger charge is 2.37. The average molecular weight is 214 g/mol. The Morgan fingerprint density at radius 2 is 2.19 bits per heavy atom. The van der Waals surface area contributed by atoms with E-state index in [-0.39, 0.29) is 11.8 Å². The molecule has 0 bridgehead atoms. The number of benzene rings is 1. The molecule has 0 aromatic heterocycles. The van der Waals surface area contributed by atoms with E-state index in [1.807, 2.05) is 18.2 Å². The van der Waals surface area contributed by atoms with Gasteiger partial charge in [-0.2, -0.15) is 0 Å². The van der Waals surface area contributed by atoms with E-state index in [2.05, 4.69) is 23.5 Å². The van der Waals surface area contributed by atoms with Crippen molar-refractivity contribution in [3.8, 4) is 0 Å². The molecule has 82 valence electrons. The van der Waals surface area contributed by atoms with Gasteiger partial charge in [0.25, 0.3) is 0 Å².